The SMILES string of the molecule is OCCOC(F)(F)C(F)Cl. The molecular weight excluding hydrogens is 172 g/mol. The zero-order chi connectivity index (χ0) is 8.20. The highest BCUT2D eigenvalue weighted by molar-refractivity contribution is 6.20. The van der Waals surface area contributed by atoms with Gasteiger partial charge in [-0.2, -0.15) is 8.78 Å². The second-order valence-corrected chi connectivity index (χ2v) is 1.82. The average Bonchev–Trinajstić information content (AvgIpc) is 1.84. The number of hydrogen-bond donors (Lipinski definition) is 1. The monoisotopic (exact) mass is 178 g/mol. The maximum Gasteiger partial charge on any atom is 0.401 e. The predicted octanol–water partition coefficient (Wildman–Crippen LogP) is 1.12. The highest BCUT2D eigenvalue weighted by atomic mass is 35.5. The lowest BCUT2D eigenvalue weighted by molar-refractivity contribution is -0.259. The van der Waals surface area contributed by atoms with Crippen LogP contribution in [0.25, 0.3) is 0 Å². The molecule has 1 unspecified atom stereocenters. The number of aliphatic hydroxyl groups excluding tert-OH is 1. The first-order valence-corrected chi connectivity index (χ1v) is 2.85. The number of hydrogen-bond acceptors (Lipinski definition) is 2. The molecule has 62 valence electrons. The van der Waals surface area contributed by atoms with Crippen molar-refractivity contribution < 1.29 is 23.0 Å². The number of rotatable bonds is 4. The summed E-state index contributed by atoms with van der Waals surface area (Å²) in [6.07, 6.45) is -4.01. The standard InChI is InChI=1S/C4H6ClF3O2/c5-3(6)4(7,8)10-2-1-9/h3,9H,1-2H2. The van der Waals surface area contributed by atoms with E-state index in [9.17, 15) is 13.2 Å². The summed E-state index contributed by atoms with van der Waals surface area (Å²) in [7, 11) is 0. The number of alkyl halides is 4. The highest BCUT2D eigenvalue weighted by Crippen LogP contribution is 2.25. The Kier molecular flexibility index (Phi) is 4.00. The summed E-state index contributed by atoms with van der Waals surface area (Å²) in [6.45, 7) is -1.24. The molecule has 1 atom stereocenters. The van der Waals surface area contributed by atoms with Crippen molar-refractivity contribution in [3.05, 3.63) is 0 Å². The van der Waals surface area contributed by atoms with Crippen molar-refractivity contribution >= 4 is 11.6 Å². The minimum Gasteiger partial charge on any atom is -0.394 e. The van der Waals surface area contributed by atoms with Gasteiger partial charge in [0.1, 0.15) is 0 Å². The van der Waals surface area contributed by atoms with E-state index in [-0.39, 0.29) is 0 Å². The molecule has 10 heavy (non-hydrogen) atoms. The summed E-state index contributed by atoms with van der Waals surface area (Å²) in [4.78, 5) is 0. The van der Waals surface area contributed by atoms with Gasteiger partial charge >= 0.3 is 6.11 Å². The van der Waals surface area contributed by atoms with Crippen molar-refractivity contribution in [1.82, 2.24) is 0 Å². The quantitative estimate of drug-likeness (QED) is 0.654. The van der Waals surface area contributed by atoms with Gasteiger partial charge in [0.15, 0.2) is 0 Å². The van der Waals surface area contributed by atoms with Crippen LogP contribution in [0, 0.1) is 0 Å². The van der Waals surface area contributed by atoms with Gasteiger partial charge in [0, 0.05) is 0 Å². The number of ether oxygens (including phenoxy) is 1. The third-order valence-electron chi connectivity index (χ3n) is 0.640. The van der Waals surface area contributed by atoms with Crippen LogP contribution in [0.15, 0.2) is 0 Å². The fourth-order valence-corrected chi connectivity index (χ4v) is 0.308. The van der Waals surface area contributed by atoms with E-state index in [0.717, 1.165) is 0 Å². The molecule has 0 amide bonds. The molecule has 2 nitrogen and oxygen atoms in total. The predicted molar refractivity (Wildman–Crippen MR) is 28.7 cm³/mol. The molecule has 0 heterocycles. The minimum atomic E-state index is -4.01. The van der Waals surface area contributed by atoms with Crippen molar-refractivity contribution in [3.8, 4) is 0 Å². The molecular formula is C4H6ClF3O2. The zero-order valence-electron chi connectivity index (χ0n) is 4.86. The fourth-order valence-electron chi connectivity index (χ4n) is 0.245. The third kappa shape index (κ3) is 3.24. The van der Waals surface area contributed by atoms with E-state index in [0.29, 0.717) is 0 Å². The topological polar surface area (TPSA) is 29.5 Å². The van der Waals surface area contributed by atoms with Gasteiger partial charge in [-0.05, 0) is 0 Å². The first-order valence-electron chi connectivity index (χ1n) is 2.41. The molecule has 0 aromatic rings. The Hall–Kier alpha value is -0.0000000000000000555. The minimum absolute atomic E-state index is 0.598. The van der Waals surface area contributed by atoms with Crippen LogP contribution in [-0.4, -0.2) is 30.1 Å². The lowest BCUT2D eigenvalue weighted by Gasteiger charge is -2.15. The Morgan fingerprint density at radius 3 is 2.40 bits per heavy atom. The molecule has 0 aromatic carbocycles. The zero-order valence-corrected chi connectivity index (χ0v) is 5.61. The van der Waals surface area contributed by atoms with E-state index < -0.39 is 25.0 Å². The Labute approximate surface area is 60.5 Å². The molecule has 0 saturated heterocycles. The van der Waals surface area contributed by atoms with E-state index in [1.54, 1.807) is 0 Å². The van der Waals surface area contributed by atoms with Crippen LogP contribution in [0.4, 0.5) is 13.2 Å². The summed E-state index contributed by atoms with van der Waals surface area (Å²) >= 11 is 4.38. The van der Waals surface area contributed by atoms with Gasteiger partial charge in [0.2, 0.25) is 0 Å². The van der Waals surface area contributed by atoms with Gasteiger partial charge in [-0.1, -0.05) is 11.6 Å². The maximum absolute atomic E-state index is 11.9. The summed E-state index contributed by atoms with van der Waals surface area (Å²) in [5, 5.41) is 7.99. The fraction of sp³-hybridized carbons (Fsp3) is 1.00. The molecule has 0 rings (SSSR count). The van der Waals surface area contributed by atoms with Crippen LogP contribution in [0.5, 0.6) is 0 Å². The van der Waals surface area contributed by atoms with Crippen LogP contribution >= 0.6 is 11.6 Å². The first-order chi connectivity index (χ1) is 4.50. The second kappa shape index (κ2) is 4.00. The Morgan fingerprint density at radius 1 is 1.60 bits per heavy atom. The van der Waals surface area contributed by atoms with Crippen LogP contribution in [-0.2, 0) is 4.74 Å². The lowest BCUT2D eigenvalue weighted by atomic mass is 10.6. The van der Waals surface area contributed by atoms with Gasteiger partial charge in [-0.3, -0.25) is 0 Å². The summed E-state index contributed by atoms with van der Waals surface area (Å²) in [5.41, 5.74) is -2.88. The molecule has 0 aromatic heterocycles. The van der Waals surface area contributed by atoms with Crippen LogP contribution < -0.4 is 0 Å². The third-order valence-corrected chi connectivity index (χ3v) is 0.894. The van der Waals surface area contributed by atoms with Crippen LogP contribution in [0.2, 0.25) is 0 Å². The van der Waals surface area contributed by atoms with Gasteiger partial charge < -0.3 is 9.84 Å². The molecule has 0 spiro atoms. The van der Waals surface area contributed by atoms with Crippen molar-refractivity contribution in [2.24, 2.45) is 0 Å². The summed E-state index contributed by atoms with van der Waals surface area (Å²) in [6, 6.07) is 0. The van der Waals surface area contributed by atoms with E-state index >= 15 is 0 Å². The second-order valence-electron chi connectivity index (χ2n) is 1.43. The Balaban J connectivity index is 3.63. The number of aliphatic hydroxyl groups is 1. The summed E-state index contributed by atoms with van der Waals surface area (Å²) < 4.78 is 38.9. The van der Waals surface area contributed by atoms with Crippen LogP contribution in [0.3, 0.4) is 0 Å². The molecule has 0 aliphatic rings. The maximum atomic E-state index is 11.9. The Bertz CT molecular complexity index is 98.5. The smallest absolute Gasteiger partial charge is 0.394 e. The normalized spacial score (nSPS) is 15.3. The molecule has 6 heteroatoms. The van der Waals surface area contributed by atoms with Crippen LogP contribution in [0.1, 0.15) is 0 Å². The molecule has 0 aliphatic carbocycles. The van der Waals surface area contributed by atoms with E-state index in [4.69, 9.17) is 5.11 Å². The van der Waals surface area contributed by atoms with Crippen molar-refractivity contribution in [3.63, 3.8) is 0 Å². The molecule has 0 aliphatic heterocycles. The van der Waals surface area contributed by atoms with E-state index in [2.05, 4.69) is 16.3 Å². The average molecular weight is 179 g/mol. The molecule has 0 radical (unpaired) electrons. The van der Waals surface area contributed by atoms with E-state index in [1.165, 1.54) is 0 Å². The molecule has 0 saturated carbocycles. The summed E-state index contributed by atoms with van der Waals surface area (Å²) in [5.74, 6) is 0. The van der Waals surface area contributed by atoms with Gasteiger partial charge in [0.25, 0.3) is 5.63 Å². The van der Waals surface area contributed by atoms with Crippen molar-refractivity contribution in [2.45, 2.75) is 11.7 Å². The molecule has 1 N–H and O–H groups in total. The first kappa shape index (κ1) is 10.0. The molecule has 0 bridgehead atoms. The van der Waals surface area contributed by atoms with E-state index in [1.807, 2.05) is 0 Å². The highest BCUT2D eigenvalue weighted by Gasteiger charge is 2.40. The largest absolute Gasteiger partial charge is 0.401 e. The van der Waals surface area contributed by atoms with Gasteiger partial charge in [-0.15, -0.1) is 0 Å². The lowest BCUT2D eigenvalue weighted by Crippen LogP contribution is -2.30. The van der Waals surface area contributed by atoms with Gasteiger partial charge in [0.05, 0.1) is 13.2 Å². The van der Waals surface area contributed by atoms with Gasteiger partial charge in [-0.25, -0.2) is 4.39 Å². The van der Waals surface area contributed by atoms with Crippen molar-refractivity contribution in [2.75, 3.05) is 13.2 Å². The number of halogens is 4. The Morgan fingerprint density at radius 2 is 2.10 bits per heavy atom. The molecule has 0 fully saturated rings. The van der Waals surface area contributed by atoms with Crippen molar-refractivity contribution in [1.29, 1.82) is 0 Å².